The molecule has 0 atom stereocenters. The minimum absolute atomic E-state index is 0.204. The van der Waals surface area contributed by atoms with Crippen LogP contribution < -0.4 is 14.4 Å². The van der Waals surface area contributed by atoms with E-state index in [0.717, 1.165) is 11.1 Å². The van der Waals surface area contributed by atoms with E-state index < -0.39 is 5.97 Å². The lowest BCUT2D eigenvalue weighted by atomic mass is 10.1. The van der Waals surface area contributed by atoms with Gasteiger partial charge in [-0.15, -0.1) is 0 Å². The van der Waals surface area contributed by atoms with Crippen LogP contribution in [0.25, 0.3) is 11.2 Å². The number of carbonyl (C=O) groups is 2. The Morgan fingerprint density at radius 2 is 1.78 bits per heavy atom. The molecule has 0 aliphatic carbocycles. The van der Waals surface area contributed by atoms with Crippen LogP contribution in [0.5, 0.6) is 11.5 Å². The van der Waals surface area contributed by atoms with Gasteiger partial charge in [0.15, 0.2) is 28.6 Å². The standard InChI is InChI=1S/C27H29N5O5/c1-16(33)24-30-23-25(31(3)15-20-10-11-21(35-4)13-22(20)36-5)28-17(2)29-26(23)32(24)14-18-8-7-9-19(12-18)27(34)37-6/h7-13H,14-15H2,1-6H3. The van der Waals surface area contributed by atoms with Crippen molar-refractivity contribution in [1.29, 1.82) is 0 Å². The molecule has 0 amide bonds. The highest BCUT2D eigenvalue weighted by Crippen LogP contribution is 2.30. The van der Waals surface area contributed by atoms with Gasteiger partial charge in [-0.2, -0.15) is 0 Å². The number of aromatic nitrogens is 4. The molecule has 192 valence electrons. The van der Waals surface area contributed by atoms with Crippen LogP contribution in [0.4, 0.5) is 5.82 Å². The summed E-state index contributed by atoms with van der Waals surface area (Å²) in [5, 5.41) is 0. The van der Waals surface area contributed by atoms with Crippen molar-refractivity contribution < 1.29 is 23.8 Å². The summed E-state index contributed by atoms with van der Waals surface area (Å²) in [6.07, 6.45) is 0. The van der Waals surface area contributed by atoms with E-state index >= 15 is 0 Å². The molecule has 0 aliphatic heterocycles. The lowest BCUT2D eigenvalue weighted by Crippen LogP contribution is -2.19. The molecule has 4 aromatic rings. The number of anilines is 1. The van der Waals surface area contributed by atoms with Crippen LogP contribution >= 0.6 is 0 Å². The van der Waals surface area contributed by atoms with E-state index in [-0.39, 0.29) is 11.6 Å². The predicted molar refractivity (Wildman–Crippen MR) is 139 cm³/mol. The van der Waals surface area contributed by atoms with Crippen molar-refractivity contribution >= 4 is 28.7 Å². The lowest BCUT2D eigenvalue weighted by molar-refractivity contribution is 0.0600. The summed E-state index contributed by atoms with van der Waals surface area (Å²) >= 11 is 0. The summed E-state index contributed by atoms with van der Waals surface area (Å²) in [6.45, 7) is 4.03. The maximum Gasteiger partial charge on any atom is 0.337 e. The molecule has 2 heterocycles. The highest BCUT2D eigenvalue weighted by atomic mass is 16.5. The normalized spacial score (nSPS) is 10.9. The molecular formula is C27H29N5O5. The Balaban J connectivity index is 1.78. The van der Waals surface area contributed by atoms with E-state index in [0.29, 0.717) is 53.0 Å². The highest BCUT2D eigenvalue weighted by Gasteiger charge is 2.22. The van der Waals surface area contributed by atoms with Crippen LogP contribution in [0.15, 0.2) is 42.5 Å². The molecule has 0 saturated carbocycles. The Hall–Kier alpha value is -4.47. The van der Waals surface area contributed by atoms with Crippen LogP contribution in [-0.2, 0) is 17.8 Å². The van der Waals surface area contributed by atoms with Gasteiger partial charge in [-0.1, -0.05) is 12.1 Å². The molecule has 0 unspecified atom stereocenters. The lowest BCUT2D eigenvalue weighted by Gasteiger charge is -2.20. The number of ketones is 1. The molecule has 0 saturated heterocycles. The Labute approximate surface area is 214 Å². The number of hydrogen-bond acceptors (Lipinski definition) is 9. The minimum Gasteiger partial charge on any atom is -0.497 e. The zero-order valence-corrected chi connectivity index (χ0v) is 21.7. The number of esters is 1. The number of ether oxygens (including phenoxy) is 3. The molecule has 0 radical (unpaired) electrons. The summed E-state index contributed by atoms with van der Waals surface area (Å²) in [5.41, 5.74) is 3.20. The Bertz CT molecular complexity index is 1480. The first-order valence-electron chi connectivity index (χ1n) is 11.6. The fourth-order valence-electron chi connectivity index (χ4n) is 4.19. The average molecular weight is 504 g/mol. The third-order valence-corrected chi connectivity index (χ3v) is 5.96. The van der Waals surface area contributed by atoms with E-state index in [1.54, 1.807) is 43.9 Å². The zero-order chi connectivity index (χ0) is 26.7. The number of aryl methyl sites for hydroxylation is 1. The number of carbonyl (C=O) groups excluding carboxylic acids is 2. The number of imidazole rings is 1. The molecule has 0 N–H and O–H groups in total. The van der Waals surface area contributed by atoms with Crippen molar-refractivity contribution in [3.8, 4) is 11.5 Å². The van der Waals surface area contributed by atoms with E-state index in [1.807, 2.05) is 36.2 Å². The van der Waals surface area contributed by atoms with Crippen LogP contribution in [0.3, 0.4) is 0 Å². The van der Waals surface area contributed by atoms with Crippen LogP contribution in [0.1, 0.15) is 44.9 Å². The van der Waals surface area contributed by atoms with Crippen LogP contribution in [-0.4, -0.2) is 59.6 Å². The number of Topliss-reactive ketones (excluding diaryl/α,β-unsaturated/α-hetero) is 1. The van der Waals surface area contributed by atoms with Gasteiger partial charge >= 0.3 is 5.97 Å². The number of hydrogen-bond donors (Lipinski definition) is 0. The first kappa shape index (κ1) is 25.6. The fourth-order valence-corrected chi connectivity index (χ4v) is 4.19. The third kappa shape index (κ3) is 5.23. The molecule has 10 heteroatoms. The van der Waals surface area contributed by atoms with Gasteiger partial charge in [-0.3, -0.25) is 4.79 Å². The van der Waals surface area contributed by atoms with Gasteiger partial charge < -0.3 is 23.7 Å². The van der Waals surface area contributed by atoms with Crippen molar-refractivity contribution in [2.24, 2.45) is 0 Å². The first-order chi connectivity index (χ1) is 17.7. The molecule has 0 bridgehead atoms. The van der Waals surface area contributed by atoms with Gasteiger partial charge in [-0.05, 0) is 36.8 Å². The van der Waals surface area contributed by atoms with Gasteiger partial charge in [0.05, 0.1) is 33.4 Å². The Kier molecular flexibility index (Phi) is 7.37. The quantitative estimate of drug-likeness (QED) is 0.249. The topological polar surface area (TPSA) is 109 Å². The van der Waals surface area contributed by atoms with Crippen LogP contribution in [0, 0.1) is 6.92 Å². The van der Waals surface area contributed by atoms with Crippen molar-refractivity contribution in [2.75, 3.05) is 33.3 Å². The Morgan fingerprint density at radius 3 is 2.46 bits per heavy atom. The maximum atomic E-state index is 12.6. The summed E-state index contributed by atoms with van der Waals surface area (Å²) < 4.78 is 17.5. The second-order valence-electron chi connectivity index (χ2n) is 8.57. The summed E-state index contributed by atoms with van der Waals surface area (Å²) in [5.74, 6) is 2.14. The van der Waals surface area contributed by atoms with Crippen LogP contribution in [0.2, 0.25) is 0 Å². The number of benzene rings is 2. The monoisotopic (exact) mass is 503 g/mol. The molecule has 10 nitrogen and oxygen atoms in total. The highest BCUT2D eigenvalue weighted by molar-refractivity contribution is 5.96. The molecule has 2 aromatic carbocycles. The van der Waals surface area contributed by atoms with E-state index in [9.17, 15) is 9.59 Å². The molecule has 0 spiro atoms. The van der Waals surface area contributed by atoms with Crippen molar-refractivity contribution in [3.63, 3.8) is 0 Å². The molecule has 4 rings (SSSR count). The van der Waals surface area contributed by atoms with E-state index in [4.69, 9.17) is 14.2 Å². The van der Waals surface area contributed by atoms with Gasteiger partial charge in [0, 0.05) is 32.1 Å². The molecule has 0 aliphatic rings. The van der Waals surface area contributed by atoms with Crippen molar-refractivity contribution in [2.45, 2.75) is 26.9 Å². The maximum absolute atomic E-state index is 12.6. The number of rotatable bonds is 9. The first-order valence-corrected chi connectivity index (χ1v) is 11.6. The molecule has 2 aromatic heterocycles. The zero-order valence-electron chi connectivity index (χ0n) is 21.7. The predicted octanol–water partition coefficient (Wildman–Crippen LogP) is 3.83. The molecular weight excluding hydrogens is 474 g/mol. The largest absolute Gasteiger partial charge is 0.497 e. The summed E-state index contributed by atoms with van der Waals surface area (Å²) in [4.78, 5) is 40.5. The summed E-state index contributed by atoms with van der Waals surface area (Å²) in [7, 11) is 6.46. The molecule has 0 fully saturated rings. The van der Waals surface area contributed by atoms with E-state index in [1.165, 1.54) is 14.0 Å². The number of fused-ring (bicyclic) bond motifs is 1. The van der Waals surface area contributed by atoms with Crippen molar-refractivity contribution in [3.05, 3.63) is 70.8 Å². The van der Waals surface area contributed by atoms with Gasteiger partial charge in [0.25, 0.3) is 0 Å². The van der Waals surface area contributed by atoms with Gasteiger partial charge in [-0.25, -0.2) is 19.7 Å². The summed E-state index contributed by atoms with van der Waals surface area (Å²) in [6, 6.07) is 12.7. The second kappa shape index (κ2) is 10.7. The third-order valence-electron chi connectivity index (χ3n) is 5.96. The second-order valence-corrected chi connectivity index (χ2v) is 8.57. The smallest absolute Gasteiger partial charge is 0.337 e. The SMILES string of the molecule is COC(=O)c1cccc(Cn2c(C(C)=O)nc3c(N(C)Cc4ccc(OC)cc4OC)nc(C)nc32)c1. The number of nitrogens with zero attached hydrogens (tertiary/aromatic N) is 5. The van der Waals surface area contributed by atoms with E-state index in [2.05, 4.69) is 15.0 Å². The van der Waals surface area contributed by atoms with Crippen molar-refractivity contribution in [1.82, 2.24) is 19.5 Å². The molecule has 37 heavy (non-hydrogen) atoms. The van der Waals surface area contributed by atoms with Gasteiger partial charge in [0.1, 0.15) is 17.3 Å². The minimum atomic E-state index is -0.430. The fraction of sp³-hybridized carbons (Fsp3) is 0.296. The average Bonchev–Trinajstić information content (AvgIpc) is 3.26. The number of methoxy groups -OCH3 is 3. The van der Waals surface area contributed by atoms with Gasteiger partial charge in [0.2, 0.25) is 0 Å². The Morgan fingerprint density at radius 1 is 1.00 bits per heavy atom.